The highest BCUT2D eigenvalue weighted by molar-refractivity contribution is 6.31. The number of likely N-dealkylation sites (tertiary alicyclic amines) is 1. The second kappa shape index (κ2) is 13.9. The zero-order chi connectivity index (χ0) is 32.2. The van der Waals surface area contributed by atoms with Crippen LogP contribution < -0.4 is 4.73 Å². The van der Waals surface area contributed by atoms with Gasteiger partial charge in [0.15, 0.2) is 11.9 Å². The number of hydrogen-bond acceptors (Lipinski definition) is 6. The molecule has 1 saturated carbocycles. The summed E-state index contributed by atoms with van der Waals surface area (Å²) in [5, 5.41) is 26.0. The molecule has 1 atom stereocenters. The molecule has 3 heterocycles. The molecule has 0 spiro atoms. The molecule has 7 rings (SSSR count). The van der Waals surface area contributed by atoms with Crippen molar-refractivity contribution in [1.29, 1.82) is 0 Å². The van der Waals surface area contributed by atoms with Gasteiger partial charge in [-0.15, -0.1) is 5.10 Å². The van der Waals surface area contributed by atoms with Gasteiger partial charge in [-0.1, -0.05) is 66.2 Å². The zero-order valence-electron chi connectivity index (χ0n) is 26.1. The molecule has 2 fully saturated rings. The van der Waals surface area contributed by atoms with Gasteiger partial charge in [-0.3, -0.25) is 0 Å². The standard InChI is InChI=1S/C37H37ClN6O3/c38-32-13-16-35(43-25-39-40-41-43)34(22-32)31-12-15-36(44(46)23-31)33(14-11-26-5-2-1-3-6-26)30-8-4-7-29(21-30)28-17-19-42(20-18-28)37(45)47-24-27-9-10-27/h1-8,12-13,15-16,21-23,25,27-28,33H,9-11,14,17-20,24H2/t33-/m0/s1. The number of hydrogen-bond donors (Lipinski definition) is 0. The third-order valence-electron chi connectivity index (χ3n) is 9.41. The number of carbonyl (C=O) groups excluding carboxylic acids is 1. The molecule has 2 aromatic heterocycles. The molecule has 1 aliphatic heterocycles. The summed E-state index contributed by atoms with van der Waals surface area (Å²) in [5.74, 6) is 0.772. The summed E-state index contributed by atoms with van der Waals surface area (Å²) in [5.41, 5.74) is 6.47. The quantitative estimate of drug-likeness (QED) is 0.118. The number of aromatic nitrogens is 5. The number of aryl methyl sites for hydroxylation is 1. The molecule has 5 aromatic rings. The van der Waals surface area contributed by atoms with Crippen molar-refractivity contribution in [2.75, 3.05) is 19.7 Å². The highest BCUT2D eigenvalue weighted by atomic mass is 35.5. The number of benzene rings is 3. The van der Waals surface area contributed by atoms with Gasteiger partial charge in [-0.25, -0.2) is 4.79 Å². The normalized spacial score (nSPS) is 15.8. The van der Waals surface area contributed by atoms with Crippen molar-refractivity contribution in [3.05, 3.63) is 130 Å². The summed E-state index contributed by atoms with van der Waals surface area (Å²) in [6.45, 7) is 1.92. The molecule has 10 heteroatoms. The third-order valence-corrected chi connectivity index (χ3v) is 9.64. The molecule has 0 radical (unpaired) electrons. The van der Waals surface area contributed by atoms with E-state index in [1.807, 2.05) is 35.2 Å². The SMILES string of the molecule is O=C(OCC1CC1)N1CCC(c2cccc([C@H](CCc3ccccc3)c3ccc(-c4cc(Cl)ccc4-n4cnnn4)c[n+]3[O-])c2)CC1. The van der Waals surface area contributed by atoms with Crippen molar-refractivity contribution in [1.82, 2.24) is 25.1 Å². The molecule has 9 nitrogen and oxygen atoms in total. The summed E-state index contributed by atoms with van der Waals surface area (Å²) in [6, 6.07) is 28.4. The van der Waals surface area contributed by atoms with E-state index in [2.05, 4.69) is 64.1 Å². The van der Waals surface area contributed by atoms with Crippen LogP contribution in [0.4, 0.5) is 4.79 Å². The van der Waals surface area contributed by atoms with Crippen LogP contribution in [0.1, 0.15) is 66.3 Å². The number of halogens is 1. The predicted molar refractivity (Wildman–Crippen MR) is 179 cm³/mol. The minimum absolute atomic E-state index is 0.127. The minimum Gasteiger partial charge on any atom is -0.618 e. The molecule has 0 unspecified atom stereocenters. The first-order chi connectivity index (χ1) is 23.0. The lowest BCUT2D eigenvalue weighted by Gasteiger charge is -2.32. The average Bonchev–Trinajstić information content (AvgIpc) is 3.79. The second-order valence-corrected chi connectivity index (χ2v) is 13.0. The Morgan fingerprint density at radius 2 is 1.81 bits per heavy atom. The Morgan fingerprint density at radius 1 is 0.979 bits per heavy atom. The Morgan fingerprint density at radius 3 is 2.55 bits per heavy atom. The summed E-state index contributed by atoms with van der Waals surface area (Å²) in [7, 11) is 0. The first kappa shape index (κ1) is 30.9. The molecule has 1 saturated heterocycles. The van der Waals surface area contributed by atoms with Gasteiger partial charge in [0.25, 0.3) is 0 Å². The van der Waals surface area contributed by atoms with E-state index in [-0.39, 0.29) is 12.0 Å². The fourth-order valence-electron chi connectivity index (χ4n) is 6.56. The Balaban J connectivity index is 1.15. The summed E-state index contributed by atoms with van der Waals surface area (Å²) in [6.07, 6.45) is 8.65. The average molecular weight is 649 g/mol. The van der Waals surface area contributed by atoms with Crippen LogP contribution in [0, 0.1) is 11.1 Å². The van der Waals surface area contributed by atoms with E-state index in [1.165, 1.54) is 30.3 Å². The molecule has 47 heavy (non-hydrogen) atoms. The van der Waals surface area contributed by atoms with Crippen molar-refractivity contribution in [3.8, 4) is 16.8 Å². The molecule has 2 aliphatic rings. The minimum atomic E-state index is -0.184. The van der Waals surface area contributed by atoms with Gasteiger partial charge < -0.3 is 14.8 Å². The second-order valence-electron chi connectivity index (χ2n) is 12.6. The number of piperidine rings is 1. The van der Waals surface area contributed by atoms with Crippen LogP contribution in [0.2, 0.25) is 5.02 Å². The maximum absolute atomic E-state index is 13.9. The van der Waals surface area contributed by atoms with Crippen molar-refractivity contribution in [2.24, 2.45) is 5.92 Å². The molecule has 3 aromatic carbocycles. The van der Waals surface area contributed by atoms with Crippen molar-refractivity contribution >= 4 is 17.7 Å². The van der Waals surface area contributed by atoms with E-state index in [1.54, 1.807) is 16.9 Å². The Labute approximate surface area is 279 Å². The highest BCUT2D eigenvalue weighted by Gasteiger charge is 2.29. The Hall–Kier alpha value is -4.76. The lowest BCUT2D eigenvalue weighted by Crippen LogP contribution is -2.38. The topological polar surface area (TPSA) is 100 Å². The largest absolute Gasteiger partial charge is 0.618 e. The summed E-state index contributed by atoms with van der Waals surface area (Å²) in [4.78, 5) is 14.4. The van der Waals surface area contributed by atoms with Crippen molar-refractivity contribution < 1.29 is 14.3 Å². The van der Waals surface area contributed by atoms with Crippen molar-refractivity contribution in [3.63, 3.8) is 0 Å². The number of carbonyl (C=O) groups is 1. The van der Waals surface area contributed by atoms with E-state index < -0.39 is 0 Å². The van der Waals surface area contributed by atoms with E-state index in [9.17, 15) is 10.0 Å². The maximum Gasteiger partial charge on any atom is 0.409 e. The highest BCUT2D eigenvalue weighted by Crippen LogP contribution is 2.35. The monoisotopic (exact) mass is 648 g/mol. The lowest BCUT2D eigenvalue weighted by atomic mass is 9.84. The van der Waals surface area contributed by atoms with Crippen LogP contribution in [0.3, 0.4) is 0 Å². The lowest BCUT2D eigenvalue weighted by molar-refractivity contribution is -0.614. The number of pyridine rings is 1. The number of amides is 1. The number of tetrazole rings is 1. The van der Waals surface area contributed by atoms with Crippen LogP contribution in [-0.2, 0) is 11.2 Å². The van der Waals surface area contributed by atoms with Gasteiger partial charge in [0, 0.05) is 35.3 Å². The Bertz CT molecular complexity index is 1820. The maximum atomic E-state index is 13.9. The van der Waals surface area contributed by atoms with Crippen LogP contribution in [0.15, 0.2) is 97.5 Å². The first-order valence-corrected chi connectivity index (χ1v) is 16.7. The molecule has 240 valence electrons. The van der Waals surface area contributed by atoms with Gasteiger partial charge in [0.2, 0.25) is 0 Å². The van der Waals surface area contributed by atoms with Gasteiger partial charge in [-0.2, -0.15) is 9.41 Å². The fraction of sp³-hybridized carbons (Fsp3) is 0.324. The summed E-state index contributed by atoms with van der Waals surface area (Å²) >= 11 is 6.39. The fourth-order valence-corrected chi connectivity index (χ4v) is 6.74. The predicted octanol–water partition coefficient (Wildman–Crippen LogP) is 7.11. The molecule has 1 aliphatic carbocycles. The van der Waals surface area contributed by atoms with Crippen LogP contribution in [0.5, 0.6) is 0 Å². The molecule has 0 bridgehead atoms. The van der Waals surface area contributed by atoms with E-state index in [4.69, 9.17) is 16.3 Å². The smallest absolute Gasteiger partial charge is 0.409 e. The van der Waals surface area contributed by atoms with Gasteiger partial charge in [0.1, 0.15) is 6.33 Å². The van der Waals surface area contributed by atoms with Gasteiger partial charge in [-0.05, 0) is 102 Å². The number of ether oxygens (including phenoxy) is 1. The van der Waals surface area contributed by atoms with Crippen LogP contribution in [-0.4, -0.2) is 50.9 Å². The van der Waals surface area contributed by atoms with E-state index in [0.29, 0.717) is 42.2 Å². The molecular weight excluding hydrogens is 612 g/mol. The van der Waals surface area contributed by atoms with E-state index >= 15 is 0 Å². The van der Waals surface area contributed by atoms with Crippen LogP contribution in [0.25, 0.3) is 16.8 Å². The zero-order valence-corrected chi connectivity index (χ0v) is 26.9. The van der Waals surface area contributed by atoms with E-state index in [0.717, 1.165) is 52.8 Å². The number of nitrogens with zero attached hydrogens (tertiary/aromatic N) is 6. The first-order valence-electron chi connectivity index (χ1n) is 16.3. The molecular formula is C37H37ClN6O3. The van der Waals surface area contributed by atoms with Gasteiger partial charge in [0.05, 0.1) is 18.2 Å². The molecule has 1 amide bonds. The molecule has 0 N–H and O–H groups in total. The van der Waals surface area contributed by atoms with Crippen molar-refractivity contribution in [2.45, 2.75) is 50.4 Å². The summed E-state index contributed by atoms with van der Waals surface area (Å²) < 4.78 is 8.08. The third kappa shape index (κ3) is 7.30. The van der Waals surface area contributed by atoms with Gasteiger partial charge >= 0.3 is 6.09 Å². The number of rotatable bonds is 10. The Kier molecular flexibility index (Phi) is 9.15. The van der Waals surface area contributed by atoms with Crippen LogP contribution >= 0.6 is 11.6 Å².